The molecule has 2 aromatic heterocycles. The molecule has 2 aromatic carbocycles. The number of benzene rings is 2. The predicted octanol–water partition coefficient (Wildman–Crippen LogP) is 5.06. The second kappa shape index (κ2) is 9.27. The Kier molecular flexibility index (Phi) is 6.27. The highest BCUT2D eigenvalue weighted by molar-refractivity contribution is 7.17. The van der Waals surface area contributed by atoms with Crippen LogP contribution in [0.4, 0.5) is 14.5 Å². The van der Waals surface area contributed by atoms with Gasteiger partial charge in [0.05, 0.1) is 11.7 Å². The molecule has 0 saturated carbocycles. The Balaban J connectivity index is 1.47. The fraction of sp³-hybridized carbons (Fsp3) is 0.174. The van der Waals surface area contributed by atoms with Crippen molar-refractivity contribution in [3.05, 3.63) is 76.2 Å². The number of amides is 1. The summed E-state index contributed by atoms with van der Waals surface area (Å²) in [5.41, 5.74) is 3.14. The molecule has 0 unspecified atom stereocenters. The Morgan fingerprint density at radius 2 is 1.88 bits per heavy atom. The number of rotatable bonds is 7. The second-order valence-corrected chi connectivity index (χ2v) is 8.00. The Bertz CT molecular complexity index is 1300. The van der Waals surface area contributed by atoms with E-state index in [9.17, 15) is 18.4 Å². The van der Waals surface area contributed by atoms with Gasteiger partial charge in [-0.1, -0.05) is 29.8 Å². The third-order valence-corrected chi connectivity index (χ3v) is 5.75. The average molecular weight is 455 g/mol. The Hall–Kier alpha value is -3.59. The lowest BCUT2D eigenvalue weighted by Crippen LogP contribution is -2.23. The Labute approximate surface area is 186 Å². The number of anilines is 1. The highest BCUT2D eigenvalue weighted by Gasteiger charge is 2.14. The first-order valence-electron chi connectivity index (χ1n) is 9.79. The van der Waals surface area contributed by atoms with Crippen LogP contribution in [0.1, 0.15) is 12.0 Å². The van der Waals surface area contributed by atoms with Gasteiger partial charge in [-0.05, 0) is 36.8 Å². The van der Waals surface area contributed by atoms with Crippen molar-refractivity contribution < 1.29 is 18.3 Å². The summed E-state index contributed by atoms with van der Waals surface area (Å²) in [7, 11) is 0. The molecule has 6 nitrogen and oxygen atoms in total. The number of hydrogen-bond acceptors (Lipinski definition) is 5. The summed E-state index contributed by atoms with van der Waals surface area (Å²) in [6, 6.07) is 13.5. The third-order valence-electron chi connectivity index (χ3n) is 4.87. The van der Waals surface area contributed by atoms with Gasteiger partial charge in [-0.25, -0.2) is 4.98 Å². The van der Waals surface area contributed by atoms with Crippen LogP contribution in [0.3, 0.4) is 0 Å². The van der Waals surface area contributed by atoms with Gasteiger partial charge in [-0.3, -0.25) is 14.2 Å². The van der Waals surface area contributed by atoms with Gasteiger partial charge in [-0.2, -0.15) is 8.78 Å². The number of fused-ring (bicyclic) bond motifs is 1. The van der Waals surface area contributed by atoms with E-state index in [0.717, 1.165) is 16.7 Å². The van der Waals surface area contributed by atoms with Crippen molar-refractivity contribution in [2.75, 3.05) is 5.32 Å². The maximum absolute atomic E-state index is 13.1. The van der Waals surface area contributed by atoms with Crippen LogP contribution in [-0.4, -0.2) is 22.1 Å². The normalized spacial score (nSPS) is 11.1. The van der Waals surface area contributed by atoms with E-state index in [1.165, 1.54) is 46.5 Å². The van der Waals surface area contributed by atoms with E-state index in [1.807, 2.05) is 36.6 Å². The zero-order valence-electron chi connectivity index (χ0n) is 17.0. The minimum atomic E-state index is -2.91. The van der Waals surface area contributed by atoms with Crippen LogP contribution in [0.5, 0.6) is 5.75 Å². The molecule has 0 radical (unpaired) electrons. The topological polar surface area (TPSA) is 73.2 Å². The number of ether oxygens (including phenoxy) is 1. The number of nitrogens with one attached hydrogen (secondary N) is 1. The highest BCUT2D eigenvalue weighted by Crippen LogP contribution is 2.30. The molecule has 4 aromatic rings. The van der Waals surface area contributed by atoms with Crippen LogP contribution in [0, 0.1) is 6.92 Å². The van der Waals surface area contributed by atoms with E-state index in [2.05, 4.69) is 15.0 Å². The highest BCUT2D eigenvalue weighted by atomic mass is 32.1. The number of aryl methyl sites for hydroxylation is 2. The van der Waals surface area contributed by atoms with Crippen molar-refractivity contribution in [2.24, 2.45) is 0 Å². The van der Waals surface area contributed by atoms with Crippen LogP contribution in [0.25, 0.3) is 21.3 Å². The average Bonchev–Trinajstić information content (AvgIpc) is 3.20. The van der Waals surface area contributed by atoms with Crippen LogP contribution < -0.4 is 15.6 Å². The molecule has 0 spiro atoms. The van der Waals surface area contributed by atoms with E-state index in [0.29, 0.717) is 15.9 Å². The smallest absolute Gasteiger partial charge is 0.387 e. The molecule has 0 bridgehead atoms. The van der Waals surface area contributed by atoms with E-state index < -0.39 is 6.61 Å². The van der Waals surface area contributed by atoms with Crippen molar-refractivity contribution in [1.29, 1.82) is 0 Å². The molecule has 9 heteroatoms. The fourth-order valence-corrected chi connectivity index (χ4v) is 4.14. The van der Waals surface area contributed by atoms with Gasteiger partial charge in [0.1, 0.15) is 10.6 Å². The van der Waals surface area contributed by atoms with Crippen molar-refractivity contribution in [3.8, 4) is 16.9 Å². The minimum absolute atomic E-state index is 0.00377. The maximum atomic E-state index is 13.1. The molecule has 32 heavy (non-hydrogen) atoms. The lowest BCUT2D eigenvalue weighted by atomic mass is 10.1. The summed E-state index contributed by atoms with van der Waals surface area (Å²) in [5, 5.41) is 5.13. The molecular formula is C23H19F2N3O3S. The molecule has 0 aliphatic rings. The maximum Gasteiger partial charge on any atom is 0.387 e. The minimum Gasteiger partial charge on any atom is -0.435 e. The zero-order valence-corrected chi connectivity index (χ0v) is 17.9. The van der Waals surface area contributed by atoms with Crippen LogP contribution in [0.2, 0.25) is 0 Å². The van der Waals surface area contributed by atoms with Crippen molar-refractivity contribution in [1.82, 2.24) is 9.55 Å². The lowest BCUT2D eigenvalue weighted by molar-refractivity contribution is -0.116. The fourth-order valence-electron chi connectivity index (χ4n) is 3.24. The number of thiophene rings is 1. The summed E-state index contributed by atoms with van der Waals surface area (Å²) >= 11 is 1.41. The van der Waals surface area contributed by atoms with Gasteiger partial charge in [-0.15, -0.1) is 11.3 Å². The molecule has 2 heterocycles. The van der Waals surface area contributed by atoms with Gasteiger partial charge in [0.15, 0.2) is 0 Å². The summed E-state index contributed by atoms with van der Waals surface area (Å²) in [4.78, 5) is 30.4. The van der Waals surface area contributed by atoms with Crippen LogP contribution in [-0.2, 0) is 11.3 Å². The van der Waals surface area contributed by atoms with Gasteiger partial charge < -0.3 is 10.1 Å². The summed E-state index contributed by atoms with van der Waals surface area (Å²) < 4.78 is 30.1. The van der Waals surface area contributed by atoms with E-state index in [-0.39, 0.29) is 30.2 Å². The number of nitrogens with zero attached hydrogens (tertiary/aromatic N) is 2. The number of halogens is 2. The summed E-state index contributed by atoms with van der Waals surface area (Å²) in [6.45, 7) is -0.751. The molecule has 0 aliphatic heterocycles. The van der Waals surface area contributed by atoms with Gasteiger partial charge in [0.2, 0.25) is 5.91 Å². The Morgan fingerprint density at radius 1 is 1.16 bits per heavy atom. The van der Waals surface area contributed by atoms with Gasteiger partial charge in [0, 0.05) is 29.6 Å². The number of hydrogen-bond donors (Lipinski definition) is 1. The summed E-state index contributed by atoms with van der Waals surface area (Å²) in [6.07, 6.45) is 1.50. The molecular weight excluding hydrogens is 436 g/mol. The molecule has 1 amide bonds. The SMILES string of the molecule is Cc1ccc(-c2csc3ncn(CCC(=O)Nc4ccc(OC(F)F)cc4)c(=O)c23)cc1. The second-order valence-electron chi connectivity index (χ2n) is 7.14. The van der Waals surface area contributed by atoms with Crippen molar-refractivity contribution in [2.45, 2.75) is 26.5 Å². The monoisotopic (exact) mass is 455 g/mol. The Morgan fingerprint density at radius 3 is 2.56 bits per heavy atom. The van der Waals surface area contributed by atoms with Gasteiger partial charge >= 0.3 is 6.61 Å². The van der Waals surface area contributed by atoms with Crippen molar-refractivity contribution in [3.63, 3.8) is 0 Å². The molecule has 1 N–H and O–H groups in total. The third kappa shape index (κ3) is 4.83. The molecule has 4 rings (SSSR count). The largest absolute Gasteiger partial charge is 0.435 e. The number of aromatic nitrogens is 2. The standard InChI is InChI=1S/C23H19F2N3O3S/c1-14-2-4-15(5-3-14)18-12-32-21-20(18)22(30)28(13-26-21)11-10-19(29)27-16-6-8-17(9-7-16)31-23(24)25/h2-9,12-13,23H,10-11H2,1H3,(H,27,29). The summed E-state index contributed by atoms with van der Waals surface area (Å²) in [5.74, 6) is -0.312. The van der Waals surface area contributed by atoms with Crippen molar-refractivity contribution >= 4 is 33.1 Å². The first-order chi connectivity index (χ1) is 15.4. The first-order valence-corrected chi connectivity index (χ1v) is 10.7. The number of carbonyl (C=O) groups excluding carboxylic acids is 1. The molecule has 0 saturated heterocycles. The van der Waals surface area contributed by atoms with Crippen LogP contribution >= 0.6 is 11.3 Å². The van der Waals surface area contributed by atoms with E-state index in [1.54, 1.807) is 0 Å². The molecule has 164 valence electrons. The van der Waals surface area contributed by atoms with Crippen LogP contribution in [0.15, 0.2) is 65.0 Å². The van der Waals surface area contributed by atoms with E-state index in [4.69, 9.17) is 0 Å². The molecule has 0 atom stereocenters. The molecule has 0 fully saturated rings. The van der Waals surface area contributed by atoms with Gasteiger partial charge in [0.25, 0.3) is 5.56 Å². The van der Waals surface area contributed by atoms with E-state index >= 15 is 0 Å². The quantitative estimate of drug-likeness (QED) is 0.423. The lowest BCUT2D eigenvalue weighted by Gasteiger charge is -2.09. The number of carbonyl (C=O) groups is 1. The molecule has 0 aliphatic carbocycles. The number of alkyl halides is 2. The first kappa shape index (κ1) is 21.6. The zero-order chi connectivity index (χ0) is 22.7. The predicted molar refractivity (Wildman–Crippen MR) is 120 cm³/mol.